The minimum Gasteiger partial charge on any atom is -0.460 e. The third-order valence-corrected chi connectivity index (χ3v) is 19.1. The minimum atomic E-state index is -0.161. The highest BCUT2D eigenvalue weighted by Crippen LogP contribution is 2.50. The molecule has 17 rings (SSSR count). The van der Waals surface area contributed by atoms with Gasteiger partial charge in [0.15, 0.2) is 0 Å². The standard InChI is InChI=1S/C83H67BN2O4/c1-50-36-71-81-72(37-50)86(66-42-61(79-48-57-18-10-14-22-75(57)89-79)39-62(43-66)80-49-58-19-11-15-23-76(58)90-80)70-45-54(52-26-32-64(33-27-52)83(5,6)7)29-35-68(70)84(81)67-34-28-53(51-24-30-63(31-25-51)82(2,3)4)44-69(67)85(71)65-40-59(77-46-55-16-8-12-20-73(55)87-77)38-60(41-65)78-47-56-17-9-13-21-74(56)88-78/h8-12,14,16-20,22,24-49H,13,15,21,23H2,1-7H3. The molecule has 4 aromatic heterocycles. The van der Waals surface area contributed by atoms with E-state index in [4.69, 9.17) is 17.7 Å². The van der Waals surface area contributed by atoms with Gasteiger partial charge in [-0.25, -0.2) is 0 Å². The molecule has 0 fully saturated rings. The van der Waals surface area contributed by atoms with Crippen LogP contribution in [0.25, 0.3) is 102 Å². The smallest absolute Gasteiger partial charge is 0.252 e. The molecule has 0 N–H and O–H groups in total. The molecule has 0 atom stereocenters. The molecule has 0 amide bonds. The summed E-state index contributed by atoms with van der Waals surface area (Å²) in [5, 5.41) is 2.11. The molecule has 0 unspecified atom stereocenters. The van der Waals surface area contributed by atoms with Gasteiger partial charge in [0.05, 0.1) is 0 Å². The van der Waals surface area contributed by atoms with Crippen LogP contribution in [-0.2, 0) is 23.7 Å². The quantitative estimate of drug-likeness (QED) is 0.141. The number of rotatable bonds is 8. The van der Waals surface area contributed by atoms with Crippen molar-refractivity contribution >= 4 is 91.3 Å². The van der Waals surface area contributed by atoms with Gasteiger partial charge in [0, 0.05) is 91.1 Å². The monoisotopic (exact) mass is 1170 g/mol. The van der Waals surface area contributed by atoms with Gasteiger partial charge >= 0.3 is 0 Å². The summed E-state index contributed by atoms with van der Waals surface area (Å²) in [6.45, 7) is 15.8. The molecule has 0 spiro atoms. The van der Waals surface area contributed by atoms with Crippen molar-refractivity contribution in [2.75, 3.05) is 9.80 Å². The van der Waals surface area contributed by atoms with E-state index in [0.717, 1.165) is 166 Å². The van der Waals surface area contributed by atoms with Crippen molar-refractivity contribution in [3.8, 4) is 67.5 Å². The first-order valence-corrected chi connectivity index (χ1v) is 31.8. The van der Waals surface area contributed by atoms with Crippen LogP contribution < -0.4 is 26.2 Å². The predicted molar refractivity (Wildman–Crippen MR) is 374 cm³/mol. The first kappa shape index (κ1) is 54.0. The summed E-state index contributed by atoms with van der Waals surface area (Å²) < 4.78 is 27.4. The minimum absolute atomic E-state index is 0.0146. The van der Waals surface area contributed by atoms with Crippen molar-refractivity contribution in [3.63, 3.8) is 0 Å². The first-order chi connectivity index (χ1) is 43.7. The number of hydrogen-bond acceptors (Lipinski definition) is 6. The van der Waals surface area contributed by atoms with E-state index >= 15 is 0 Å². The maximum absolute atomic E-state index is 6.88. The van der Waals surface area contributed by atoms with Crippen LogP contribution in [0.3, 0.4) is 0 Å². The van der Waals surface area contributed by atoms with E-state index < -0.39 is 0 Å². The molecule has 0 saturated heterocycles. The fourth-order valence-electron chi connectivity index (χ4n) is 14.4. The summed E-state index contributed by atoms with van der Waals surface area (Å²) in [6, 6.07) is 76.7. The topological polar surface area (TPSA) is 59.0 Å². The lowest BCUT2D eigenvalue weighted by Gasteiger charge is -2.44. The number of fused-ring (bicyclic) bond motifs is 8. The van der Waals surface area contributed by atoms with Crippen LogP contribution in [0.15, 0.2) is 236 Å². The number of hydrogen-bond donors (Lipinski definition) is 0. The molecule has 13 aromatic rings. The Bertz CT molecular complexity index is 4740. The second-order valence-corrected chi connectivity index (χ2v) is 27.2. The zero-order valence-electron chi connectivity index (χ0n) is 51.9. The molecule has 9 aromatic carbocycles. The Morgan fingerprint density at radius 2 is 0.767 bits per heavy atom. The van der Waals surface area contributed by atoms with Gasteiger partial charge in [0.25, 0.3) is 6.71 Å². The van der Waals surface area contributed by atoms with Crippen LogP contribution in [0.2, 0.25) is 0 Å². The summed E-state index contributed by atoms with van der Waals surface area (Å²) in [7, 11) is 0. The number of nitrogens with zero attached hydrogens (tertiary/aromatic N) is 2. The maximum Gasteiger partial charge on any atom is 0.252 e. The lowest BCUT2D eigenvalue weighted by molar-refractivity contribution is 0.520. The number of para-hydroxylation sites is 2. The Balaban J connectivity index is 0.940. The molecule has 4 aliphatic rings. The lowest BCUT2D eigenvalue weighted by Crippen LogP contribution is -2.61. The molecule has 6 nitrogen and oxygen atoms in total. The molecule has 0 radical (unpaired) electrons. The number of allylic oxidation sites excluding steroid dienone is 2. The van der Waals surface area contributed by atoms with Crippen molar-refractivity contribution < 1.29 is 17.7 Å². The van der Waals surface area contributed by atoms with Gasteiger partial charge in [-0.1, -0.05) is 175 Å². The second kappa shape index (κ2) is 20.4. The normalized spacial score (nSPS) is 14.1. The molecular weight excluding hydrogens is 1100 g/mol. The molecule has 90 heavy (non-hydrogen) atoms. The third-order valence-electron chi connectivity index (χ3n) is 19.1. The van der Waals surface area contributed by atoms with Crippen LogP contribution in [0, 0.1) is 6.92 Å². The van der Waals surface area contributed by atoms with E-state index in [-0.39, 0.29) is 17.5 Å². The van der Waals surface area contributed by atoms with Gasteiger partial charge in [-0.3, -0.25) is 0 Å². The average Bonchev–Trinajstić information content (AvgIpc) is 1.13. The van der Waals surface area contributed by atoms with Crippen LogP contribution >= 0.6 is 0 Å². The zero-order valence-corrected chi connectivity index (χ0v) is 51.9. The molecule has 6 heterocycles. The average molecular weight is 1170 g/mol. The van der Waals surface area contributed by atoms with Gasteiger partial charge in [-0.05, 0) is 183 Å². The lowest BCUT2D eigenvalue weighted by atomic mass is 9.33. The fraction of sp³-hybridized carbons (Fsp3) is 0.157. The number of aryl methyl sites for hydroxylation is 3. The first-order valence-electron chi connectivity index (χ1n) is 31.8. The summed E-state index contributed by atoms with van der Waals surface area (Å²) >= 11 is 0. The van der Waals surface area contributed by atoms with E-state index in [0.29, 0.717) is 0 Å². The van der Waals surface area contributed by atoms with E-state index in [1.54, 1.807) is 0 Å². The van der Waals surface area contributed by atoms with E-state index in [1.165, 1.54) is 38.6 Å². The summed E-state index contributed by atoms with van der Waals surface area (Å²) in [4.78, 5) is 5.07. The largest absolute Gasteiger partial charge is 0.460 e. The van der Waals surface area contributed by atoms with Gasteiger partial charge in [-0.15, -0.1) is 0 Å². The van der Waals surface area contributed by atoms with Crippen LogP contribution in [0.5, 0.6) is 0 Å². The molecule has 0 bridgehead atoms. The van der Waals surface area contributed by atoms with Crippen LogP contribution in [0.4, 0.5) is 34.1 Å². The van der Waals surface area contributed by atoms with E-state index in [1.807, 2.05) is 12.1 Å². The highest BCUT2D eigenvalue weighted by atomic mass is 16.3. The van der Waals surface area contributed by atoms with Gasteiger partial charge in [-0.2, -0.15) is 0 Å². The third kappa shape index (κ3) is 9.15. The van der Waals surface area contributed by atoms with Crippen molar-refractivity contribution in [3.05, 3.63) is 258 Å². The van der Waals surface area contributed by atoms with Crippen molar-refractivity contribution in [2.24, 2.45) is 0 Å². The van der Waals surface area contributed by atoms with E-state index in [2.05, 4.69) is 277 Å². The number of anilines is 6. The summed E-state index contributed by atoms with van der Waals surface area (Å²) in [5.74, 6) is 5.28. The highest BCUT2D eigenvalue weighted by molar-refractivity contribution is 7.00. The Labute approximate surface area is 526 Å². The SMILES string of the molecule is Cc1cc2c3c(c1)N(c1cc(-c4cc5c(o4)CCC=C5)cc(-c4cc5ccccc5o4)c1)c1cc(-c4ccc(C(C)(C)C)cc4)ccc1B3c1ccc(-c3ccc(C(C)(C)C)cc3)cc1N2c1cc(-c2cc3c(o2)CCC=C3)cc(-c2cc3ccccc3o2)c1. The highest BCUT2D eigenvalue weighted by Gasteiger charge is 2.44. The van der Waals surface area contributed by atoms with E-state index in [9.17, 15) is 0 Å². The van der Waals surface area contributed by atoms with Crippen molar-refractivity contribution in [1.29, 1.82) is 0 Å². The summed E-state index contributed by atoms with van der Waals surface area (Å²) in [5.41, 5.74) is 26.3. The Morgan fingerprint density at radius 1 is 0.367 bits per heavy atom. The zero-order chi connectivity index (χ0) is 60.7. The fourth-order valence-corrected chi connectivity index (χ4v) is 14.4. The Morgan fingerprint density at radius 3 is 1.17 bits per heavy atom. The Kier molecular flexibility index (Phi) is 12.2. The molecule has 0 saturated carbocycles. The molecule has 2 aliphatic heterocycles. The molecule has 7 heteroatoms. The van der Waals surface area contributed by atoms with Crippen molar-refractivity contribution in [2.45, 2.75) is 85.0 Å². The van der Waals surface area contributed by atoms with Gasteiger partial charge < -0.3 is 27.5 Å². The second-order valence-electron chi connectivity index (χ2n) is 27.2. The molecule has 436 valence electrons. The number of furan rings is 4. The van der Waals surface area contributed by atoms with Crippen molar-refractivity contribution in [1.82, 2.24) is 0 Å². The Hall–Kier alpha value is -10.2. The van der Waals surface area contributed by atoms with Crippen LogP contribution in [-0.4, -0.2) is 6.71 Å². The maximum atomic E-state index is 6.88. The predicted octanol–water partition coefficient (Wildman–Crippen LogP) is 21.3. The molecule has 2 aliphatic carbocycles. The van der Waals surface area contributed by atoms with Crippen LogP contribution in [0.1, 0.15) is 93.7 Å². The summed E-state index contributed by atoms with van der Waals surface area (Å²) in [6.07, 6.45) is 12.5. The number of benzene rings is 9. The van der Waals surface area contributed by atoms with Gasteiger partial charge in [0.2, 0.25) is 0 Å². The molecular formula is C83H67BN2O4. The van der Waals surface area contributed by atoms with Gasteiger partial charge in [0.1, 0.15) is 45.7 Å².